The van der Waals surface area contributed by atoms with Crippen molar-refractivity contribution in [2.75, 3.05) is 6.54 Å². The van der Waals surface area contributed by atoms with E-state index in [-0.39, 0.29) is 23.6 Å². The molecular weight excluding hydrogens is 380 g/mol. The molecule has 4 heterocycles. The van der Waals surface area contributed by atoms with Gasteiger partial charge in [0.15, 0.2) is 0 Å². The molecule has 9 heteroatoms. The van der Waals surface area contributed by atoms with E-state index in [1.165, 1.54) is 28.4 Å². The van der Waals surface area contributed by atoms with Crippen LogP contribution in [-0.4, -0.2) is 32.8 Å². The van der Waals surface area contributed by atoms with Crippen LogP contribution in [0.3, 0.4) is 0 Å². The van der Waals surface area contributed by atoms with Gasteiger partial charge in [-0.2, -0.15) is 0 Å². The molecule has 28 heavy (non-hydrogen) atoms. The maximum absolute atomic E-state index is 12.7. The summed E-state index contributed by atoms with van der Waals surface area (Å²) in [5.74, 6) is -0.553. The number of pyridine rings is 1. The molecule has 0 fully saturated rings. The molecule has 0 atom stereocenters. The lowest BCUT2D eigenvalue weighted by Crippen LogP contribution is -2.40. The van der Waals surface area contributed by atoms with Gasteiger partial charge in [-0.25, -0.2) is 4.98 Å². The summed E-state index contributed by atoms with van der Waals surface area (Å²) < 4.78 is 6.38. The highest BCUT2D eigenvalue weighted by Crippen LogP contribution is 2.22. The van der Waals surface area contributed by atoms with Crippen LogP contribution in [0, 0.1) is 0 Å². The van der Waals surface area contributed by atoms with Gasteiger partial charge in [0.2, 0.25) is 0 Å². The Kier molecular flexibility index (Phi) is 4.82. The Morgan fingerprint density at radius 2 is 2.25 bits per heavy atom. The summed E-state index contributed by atoms with van der Waals surface area (Å²) >= 11 is 1.44. The highest BCUT2D eigenvalue weighted by atomic mass is 32.1. The molecule has 3 aromatic heterocycles. The maximum atomic E-state index is 12.7. The van der Waals surface area contributed by atoms with E-state index in [9.17, 15) is 14.4 Å². The van der Waals surface area contributed by atoms with Gasteiger partial charge in [0.1, 0.15) is 11.8 Å². The van der Waals surface area contributed by atoms with E-state index in [0.29, 0.717) is 30.6 Å². The molecule has 0 unspecified atom stereocenters. The van der Waals surface area contributed by atoms with Crippen molar-refractivity contribution in [2.24, 2.45) is 7.05 Å². The Balaban J connectivity index is 1.60. The molecule has 3 aromatic rings. The molecule has 0 spiro atoms. The number of carbonyl (C=O) groups excluding carboxylic acids is 2. The molecule has 1 aliphatic rings. The number of aromatic nitrogens is 2. The van der Waals surface area contributed by atoms with Crippen LogP contribution >= 0.6 is 11.3 Å². The van der Waals surface area contributed by atoms with Crippen molar-refractivity contribution in [3.8, 4) is 0 Å². The Morgan fingerprint density at radius 3 is 2.96 bits per heavy atom. The highest BCUT2D eigenvalue weighted by Gasteiger charge is 2.28. The van der Waals surface area contributed by atoms with Crippen LogP contribution in [0.15, 0.2) is 44.9 Å². The fraction of sp³-hybridized carbons (Fsp3) is 0.263. The number of thiazole rings is 1. The topological polar surface area (TPSA) is 97.4 Å². The molecule has 0 bridgehead atoms. The number of hydrogen-bond acceptors (Lipinski definition) is 6. The van der Waals surface area contributed by atoms with Gasteiger partial charge in [0.05, 0.1) is 29.6 Å². The van der Waals surface area contributed by atoms with Gasteiger partial charge in [-0.3, -0.25) is 14.4 Å². The molecular formula is C19H18N4O4S. The third-order valence-electron chi connectivity index (χ3n) is 4.76. The van der Waals surface area contributed by atoms with Gasteiger partial charge in [0, 0.05) is 31.7 Å². The number of nitrogens with zero attached hydrogens (tertiary/aromatic N) is 3. The quantitative estimate of drug-likeness (QED) is 0.719. The molecule has 0 saturated carbocycles. The van der Waals surface area contributed by atoms with Gasteiger partial charge in [0.25, 0.3) is 17.4 Å². The van der Waals surface area contributed by atoms with E-state index in [2.05, 4.69) is 10.3 Å². The first-order chi connectivity index (χ1) is 13.5. The number of aryl methyl sites for hydroxylation is 1. The summed E-state index contributed by atoms with van der Waals surface area (Å²) in [5.41, 5.74) is 4.22. The van der Waals surface area contributed by atoms with Crippen molar-refractivity contribution in [2.45, 2.75) is 19.5 Å². The lowest BCUT2D eigenvalue weighted by Gasteiger charge is -2.30. The van der Waals surface area contributed by atoms with Crippen LogP contribution in [0.2, 0.25) is 0 Å². The minimum Gasteiger partial charge on any atom is -0.472 e. The van der Waals surface area contributed by atoms with Crippen molar-refractivity contribution in [1.29, 1.82) is 0 Å². The number of furan rings is 1. The normalized spacial score (nSPS) is 13.2. The second-order valence-corrected chi connectivity index (χ2v) is 7.29. The van der Waals surface area contributed by atoms with Crippen LogP contribution in [0.1, 0.15) is 37.5 Å². The molecule has 0 radical (unpaired) electrons. The van der Waals surface area contributed by atoms with Crippen molar-refractivity contribution < 1.29 is 14.0 Å². The standard InChI is InChI=1S/C19H18N4O4S/c1-22-7-13-8-23(18(25)12-3-5-27-9-12)4-2-15(13)16(19(22)26)17(24)20-6-14-10-28-11-21-14/h3,5,7,9-11H,2,4,6,8H2,1H3,(H,20,24). The zero-order valence-corrected chi connectivity index (χ0v) is 16.0. The van der Waals surface area contributed by atoms with Crippen molar-refractivity contribution >= 4 is 23.2 Å². The molecule has 1 aliphatic heterocycles. The summed E-state index contributed by atoms with van der Waals surface area (Å²) in [6.07, 6.45) is 5.01. The number of fused-ring (bicyclic) bond motifs is 1. The zero-order chi connectivity index (χ0) is 19.7. The average molecular weight is 398 g/mol. The monoisotopic (exact) mass is 398 g/mol. The summed E-state index contributed by atoms with van der Waals surface area (Å²) in [6, 6.07) is 1.62. The second-order valence-electron chi connectivity index (χ2n) is 6.58. The molecule has 144 valence electrons. The first-order valence-electron chi connectivity index (χ1n) is 8.72. The van der Waals surface area contributed by atoms with E-state index >= 15 is 0 Å². The number of nitrogens with one attached hydrogen (secondary N) is 1. The summed E-state index contributed by atoms with van der Waals surface area (Å²) in [4.78, 5) is 43.8. The van der Waals surface area contributed by atoms with Gasteiger partial charge in [-0.05, 0) is 23.6 Å². The van der Waals surface area contributed by atoms with Crippen molar-refractivity contribution in [1.82, 2.24) is 19.8 Å². The van der Waals surface area contributed by atoms with Crippen LogP contribution in [-0.2, 0) is 26.6 Å². The van der Waals surface area contributed by atoms with E-state index in [1.807, 2.05) is 5.38 Å². The average Bonchev–Trinajstić information content (AvgIpc) is 3.40. The molecule has 0 aromatic carbocycles. The minimum atomic E-state index is -0.417. The minimum absolute atomic E-state index is 0.136. The Morgan fingerprint density at radius 1 is 1.39 bits per heavy atom. The highest BCUT2D eigenvalue weighted by molar-refractivity contribution is 7.07. The third kappa shape index (κ3) is 3.36. The van der Waals surface area contributed by atoms with E-state index in [1.54, 1.807) is 29.7 Å². The number of carbonyl (C=O) groups is 2. The smallest absolute Gasteiger partial charge is 0.263 e. The molecule has 4 rings (SSSR count). The molecule has 0 saturated heterocycles. The van der Waals surface area contributed by atoms with Crippen LogP contribution in [0.4, 0.5) is 0 Å². The van der Waals surface area contributed by atoms with Crippen LogP contribution in [0.25, 0.3) is 0 Å². The summed E-state index contributed by atoms with van der Waals surface area (Å²) in [6.45, 7) is 1.02. The Bertz CT molecular complexity index is 1070. The predicted molar refractivity (Wildman–Crippen MR) is 102 cm³/mol. The Labute approximate surface area is 164 Å². The molecule has 1 N–H and O–H groups in total. The number of hydrogen-bond donors (Lipinski definition) is 1. The predicted octanol–water partition coefficient (Wildman–Crippen LogP) is 1.56. The second kappa shape index (κ2) is 7.43. The maximum Gasteiger partial charge on any atom is 0.263 e. The SMILES string of the molecule is Cn1cc2c(c(C(=O)NCc3cscn3)c1=O)CCN(C(=O)c1ccoc1)C2. The van der Waals surface area contributed by atoms with Crippen LogP contribution in [0.5, 0.6) is 0 Å². The lowest BCUT2D eigenvalue weighted by molar-refractivity contribution is 0.0733. The van der Waals surface area contributed by atoms with E-state index in [4.69, 9.17) is 4.42 Å². The van der Waals surface area contributed by atoms with Crippen molar-refractivity contribution in [3.05, 3.63) is 74.0 Å². The van der Waals surface area contributed by atoms with Gasteiger partial charge in [-0.1, -0.05) is 0 Å². The van der Waals surface area contributed by atoms with Crippen molar-refractivity contribution in [3.63, 3.8) is 0 Å². The van der Waals surface area contributed by atoms with Gasteiger partial charge in [-0.15, -0.1) is 11.3 Å². The largest absolute Gasteiger partial charge is 0.472 e. The van der Waals surface area contributed by atoms with E-state index < -0.39 is 5.91 Å². The first kappa shape index (κ1) is 18.2. The van der Waals surface area contributed by atoms with Crippen LogP contribution < -0.4 is 10.9 Å². The zero-order valence-electron chi connectivity index (χ0n) is 15.2. The summed E-state index contributed by atoms with van der Waals surface area (Å²) in [7, 11) is 1.61. The van der Waals surface area contributed by atoms with Gasteiger partial charge < -0.3 is 19.2 Å². The fourth-order valence-electron chi connectivity index (χ4n) is 3.35. The van der Waals surface area contributed by atoms with E-state index in [0.717, 1.165) is 11.3 Å². The fourth-order valence-corrected chi connectivity index (χ4v) is 3.91. The number of rotatable bonds is 4. The van der Waals surface area contributed by atoms with Gasteiger partial charge >= 0.3 is 0 Å². The molecule has 0 aliphatic carbocycles. The first-order valence-corrected chi connectivity index (χ1v) is 9.67. The number of amides is 2. The lowest BCUT2D eigenvalue weighted by atomic mass is 9.95. The summed E-state index contributed by atoms with van der Waals surface area (Å²) in [5, 5.41) is 4.62. The molecule has 8 nitrogen and oxygen atoms in total. The molecule has 2 amide bonds. The Hall–Kier alpha value is -3.20. The third-order valence-corrected chi connectivity index (χ3v) is 5.40.